The summed E-state index contributed by atoms with van der Waals surface area (Å²) in [6.45, 7) is 7.25. The summed E-state index contributed by atoms with van der Waals surface area (Å²) in [6.07, 6.45) is 1.75. The zero-order valence-electron chi connectivity index (χ0n) is 15.1. The summed E-state index contributed by atoms with van der Waals surface area (Å²) < 4.78 is 2.03. The highest BCUT2D eigenvalue weighted by Gasteiger charge is 2.20. The molecule has 1 N–H and O–H groups in total. The van der Waals surface area contributed by atoms with E-state index in [1.807, 2.05) is 29.8 Å². The van der Waals surface area contributed by atoms with Gasteiger partial charge >= 0.3 is 0 Å². The van der Waals surface area contributed by atoms with E-state index in [9.17, 15) is 0 Å². The van der Waals surface area contributed by atoms with Crippen molar-refractivity contribution in [3.63, 3.8) is 0 Å². The standard InChI is InChI=1S/C17H24ClN7.HI/c1-3-23-13-21-22-16(23)12-20-17(19-2)25-9-7-24(8-10-25)15-6-4-5-14(18)11-15;/h4-6,11,13H,3,7-10,12H2,1-2H3,(H,19,20);1H. The Morgan fingerprint density at radius 2 is 2.04 bits per heavy atom. The first-order valence-corrected chi connectivity index (χ1v) is 8.92. The smallest absolute Gasteiger partial charge is 0.194 e. The highest BCUT2D eigenvalue weighted by atomic mass is 127. The summed E-state index contributed by atoms with van der Waals surface area (Å²) in [4.78, 5) is 9.04. The number of aromatic nitrogens is 3. The van der Waals surface area contributed by atoms with Gasteiger partial charge in [0.05, 0.1) is 6.54 Å². The number of nitrogens with zero attached hydrogens (tertiary/aromatic N) is 6. The molecule has 2 aromatic rings. The lowest BCUT2D eigenvalue weighted by molar-refractivity contribution is 0.371. The maximum Gasteiger partial charge on any atom is 0.194 e. The molecule has 1 aliphatic rings. The van der Waals surface area contributed by atoms with E-state index in [1.165, 1.54) is 5.69 Å². The third-order valence-electron chi connectivity index (χ3n) is 4.41. The van der Waals surface area contributed by atoms with Crippen molar-refractivity contribution in [3.8, 4) is 0 Å². The number of nitrogens with one attached hydrogen (secondary N) is 1. The molecule has 1 aromatic carbocycles. The van der Waals surface area contributed by atoms with Crippen LogP contribution >= 0.6 is 35.6 Å². The van der Waals surface area contributed by atoms with Crippen LogP contribution in [0, 0.1) is 0 Å². The Hall–Kier alpha value is -1.55. The fourth-order valence-electron chi connectivity index (χ4n) is 3.02. The Morgan fingerprint density at radius 1 is 1.27 bits per heavy atom. The minimum Gasteiger partial charge on any atom is -0.368 e. The lowest BCUT2D eigenvalue weighted by Gasteiger charge is -2.37. The van der Waals surface area contributed by atoms with Gasteiger partial charge in [-0.1, -0.05) is 17.7 Å². The van der Waals surface area contributed by atoms with Gasteiger partial charge < -0.3 is 19.7 Å². The van der Waals surface area contributed by atoms with Crippen molar-refractivity contribution in [3.05, 3.63) is 41.4 Å². The van der Waals surface area contributed by atoms with Crippen LogP contribution in [-0.2, 0) is 13.1 Å². The summed E-state index contributed by atoms with van der Waals surface area (Å²) in [5.74, 6) is 1.82. The molecule has 3 rings (SSSR count). The Balaban J connectivity index is 0.00000243. The number of piperazine rings is 1. The van der Waals surface area contributed by atoms with E-state index in [1.54, 1.807) is 6.33 Å². The lowest BCUT2D eigenvalue weighted by Crippen LogP contribution is -2.52. The van der Waals surface area contributed by atoms with Crippen molar-refractivity contribution in [2.75, 3.05) is 38.1 Å². The monoisotopic (exact) mass is 489 g/mol. The Kier molecular flexibility index (Phi) is 7.95. The van der Waals surface area contributed by atoms with Gasteiger partial charge in [-0.15, -0.1) is 34.2 Å². The number of hydrogen-bond acceptors (Lipinski definition) is 4. The molecule has 0 bridgehead atoms. The highest BCUT2D eigenvalue weighted by molar-refractivity contribution is 14.0. The number of benzene rings is 1. The molecule has 0 saturated carbocycles. The van der Waals surface area contributed by atoms with Crippen molar-refractivity contribution < 1.29 is 0 Å². The fraction of sp³-hybridized carbons (Fsp3) is 0.471. The molecule has 9 heteroatoms. The molecule has 1 fully saturated rings. The topological polar surface area (TPSA) is 61.6 Å². The molecule has 1 saturated heterocycles. The predicted molar refractivity (Wildman–Crippen MR) is 117 cm³/mol. The van der Waals surface area contributed by atoms with Crippen LogP contribution in [0.1, 0.15) is 12.7 Å². The second-order valence-corrected chi connectivity index (χ2v) is 6.32. The van der Waals surface area contributed by atoms with Crippen LogP contribution in [0.2, 0.25) is 5.02 Å². The SMILES string of the molecule is CCn1cnnc1CNC(=NC)N1CCN(c2cccc(Cl)c2)CC1.I. The first-order valence-electron chi connectivity index (χ1n) is 8.54. The zero-order valence-corrected chi connectivity index (χ0v) is 18.2. The minimum absolute atomic E-state index is 0. The second kappa shape index (κ2) is 9.96. The Morgan fingerprint density at radius 3 is 2.69 bits per heavy atom. The summed E-state index contributed by atoms with van der Waals surface area (Å²) in [5, 5.41) is 12.3. The fourth-order valence-corrected chi connectivity index (χ4v) is 3.20. The van der Waals surface area contributed by atoms with Crippen molar-refractivity contribution in [2.24, 2.45) is 4.99 Å². The average Bonchev–Trinajstić information content (AvgIpc) is 3.10. The largest absolute Gasteiger partial charge is 0.368 e. The predicted octanol–water partition coefficient (Wildman–Crippen LogP) is 2.47. The van der Waals surface area contributed by atoms with Gasteiger partial charge in [0.25, 0.3) is 0 Å². The van der Waals surface area contributed by atoms with Crippen LogP contribution in [-0.4, -0.2) is 58.9 Å². The van der Waals surface area contributed by atoms with Crippen molar-refractivity contribution in [1.82, 2.24) is 25.0 Å². The van der Waals surface area contributed by atoms with Crippen LogP contribution in [0.15, 0.2) is 35.6 Å². The number of anilines is 1. The van der Waals surface area contributed by atoms with Crippen LogP contribution in [0.3, 0.4) is 0 Å². The van der Waals surface area contributed by atoms with Gasteiger partial charge in [0, 0.05) is 50.5 Å². The van der Waals surface area contributed by atoms with E-state index in [2.05, 4.69) is 43.3 Å². The molecular weight excluding hydrogens is 465 g/mol. The van der Waals surface area contributed by atoms with Gasteiger partial charge in [0.15, 0.2) is 11.8 Å². The molecule has 0 aliphatic carbocycles. The number of aliphatic imine (C=N–C) groups is 1. The molecule has 7 nitrogen and oxygen atoms in total. The average molecular weight is 490 g/mol. The summed E-state index contributed by atoms with van der Waals surface area (Å²) >= 11 is 6.10. The van der Waals surface area contributed by atoms with Gasteiger partial charge in [-0.2, -0.15) is 0 Å². The first-order chi connectivity index (χ1) is 12.2. The number of hydrogen-bond donors (Lipinski definition) is 1. The van der Waals surface area contributed by atoms with Crippen LogP contribution in [0.4, 0.5) is 5.69 Å². The third kappa shape index (κ3) is 5.00. The lowest BCUT2D eigenvalue weighted by atomic mass is 10.2. The van der Waals surface area contributed by atoms with Crippen LogP contribution in [0.25, 0.3) is 0 Å². The third-order valence-corrected chi connectivity index (χ3v) is 4.64. The van der Waals surface area contributed by atoms with Crippen molar-refractivity contribution in [1.29, 1.82) is 0 Å². The van der Waals surface area contributed by atoms with Gasteiger partial charge in [-0.05, 0) is 25.1 Å². The van der Waals surface area contributed by atoms with Gasteiger partial charge in [0.1, 0.15) is 6.33 Å². The van der Waals surface area contributed by atoms with Gasteiger partial charge in [-0.3, -0.25) is 4.99 Å². The normalized spacial score (nSPS) is 15.0. The molecule has 0 spiro atoms. The Bertz CT molecular complexity index is 725. The van der Waals surface area contributed by atoms with Gasteiger partial charge in [0.2, 0.25) is 0 Å². The molecule has 1 aliphatic heterocycles. The second-order valence-electron chi connectivity index (χ2n) is 5.89. The van der Waals surface area contributed by atoms with E-state index in [0.717, 1.165) is 49.5 Å². The van der Waals surface area contributed by atoms with Crippen LogP contribution in [0.5, 0.6) is 0 Å². The van der Waals surface area contributed by atoms with E-state index < -0.39 is 0 Å². The molecule has 1 aromatic heterocycles. The summed E-state index contributed by atoms with van der Waals surface area (Å²) in [5.41, 5.74) is 1.17. The zero-order chi connectivity index (χ0) is 17.6. The number of rotatable bonds is 4. The number of guanidine groups is 1. The quantitative estimate of drug-likeness (QED) is 0.406. The maximum absolute atomic E-state index is 6.10. The maximum atomic E-state index is 6.10. The van der Waals surface area contributed by atoms with E-state index in [4.69, 9.17) is 11.6 Å². The van der Waals surface area contributed by atoms with Crippen LogP contribution < -0.4 is 10.2 Å². The molecule has 2 heterocycles. The molecule has 0 unspecified atom stereocenters. The summed E-state index contributed by atoms with van der Waals surface area (Å²) in [6, 6.07) is 8.02. The Labute approximate surface area is 176 Å². The van der Waals surface area contributed by atoms with Crippen molar-refractivity contribution in [2.45, 2.75) is 20.0 Å². The number of halogens is 2. The molecule has 0 radical (unpaired) electrons. The minimum atomic E-state index is 0. The molecular formula is C17H25ClIN7. The van der Waals surface area contributed by atoms with E-state index >= 15 is 0 Å². The van der Waals surface area contributed by atoms with Crippen molar-refractivity contribution >= 4 is 47.2 Å². The van der Waals surface area contributed by atoms with Gasteiger partial charge in [-0.25, -0.2) is 0 Å². The van der Waals surface area contributed by atoms with E-state index in [0.29, 0.717) is 6.54 Å². The molecule has 142 valence electrons. The molecule has 26 heavy (non-hydrogen) atoms. The number of aryl methyl sites for hydroxylation is 1. The molecule has 0 amide bonds. The summed E-state index contributed by atoms with van der Waals surface area (Å²) in [7, 11) is 1.82. The molecule has 0 atom stereocenters. The van der Waals surface area contributed by atoms with E-state index in [-0.39, 0.29) is 24.0 Å². The highest BCUT2D eigenvalue weighted by Crippen LogP contribution is 2.20. The first kappa shape index (κ1) is 20.8.